The van der Waals surface area contributed by atoms with E-state index in [0.717, 1.165) is 73.8 Å². The summed E-state index contributed by atoms with van der Waals surface area (Å²) >= 11 is 0. The third-order valence-electron chi connectivity index (χ3n) is 7.83. The number of rotatable bonds is 14. The van der Waals surface area contributed by atoms with Gasteiger partial charge in [0.25, 0.3) is 0 Å². The molecule has 1 saturated heterocycles. The molecule has 0 amide bonds. The van der Waals surface area contributed by atoms with E-state index in [1.807, 2.05) is 18.2 Å². The van der Waals surface area contributed by atoms with E-state index in [-0.39, 0.29) is 5.92 Å². The van der Waals surface area contributed by atoms with Crippen LogP contribution >= 0.6 is 0 Å². The summed E-state index contributed by atoms with van der Waals surface area (Å²) in [6, 6.07) is 7.42. The largest absolute Gasteiger partial charge is 0.496 e. The summed E-state index contributed by atoms with van der Waals surface area (Å²) in [5, 5.41) is 0.808. The van der Waals surface area contributed by atoms with Crippen molar-refractivity contribution in [1.29, 1.82) is 0 Å². The van der Waals surface area contributed by atoms with E-state index in [1.165, 1.54) is 0 Å². The van der Waals surface area contributed by atoms with Gasteiger partial charge in [0.15, 0.2) is 11.5 Å². The summed E-state index contributed by atoms with van der Waals surface area (Å²) in [5.74, 6) is 2.59. The van der Waals surface area contributed by atoms with Crippen molar-refractivity contribution in [3.05, 3.63) is 51.4 Å². The molecule has 0 saturated carbocycles. The van der Waals surface area contributed by atoms with Crippen LogP contribution in [0.5, 0.6) is 28.7 Å². The molecule has 9 nitrogen and oxygen atoms in total. The first-order chi connectivity index (χ1) is 20.0. The molecule has 1 aliphatic rings. The number of benzene rings is 2. The molecule has 9 heteroatoms. The second-order valence-electron chi connectivity index (χ2n) is 10.2. The first-order valence-electron chi connectivity index (χ1n) is 14.3. The zero-order chi connectivity index (χ0) is 29.4. The van der Waals surface area contributed by atoms with E-state index in [0.29, 0.717) is 47.5 Å². The summed E-state index contributed by atoms with van der Waals surface area (Å²) in [6.45, 7) is 6.11. The zero-order valence-electron chi connectivity index (χ0n) is 25.2. The lowest BCUT2D eigenvalue weighted by Crippen LogP contribution is -2.37. The van der Waals surface area contributed by atoms with Crippen LogP contribution < -0.4 is 29.3 Å². The van der Waals surface area contributed by atoms with Crippen molar-refractivity contribution in [2.75, 3.05) is 68.4 Å². The third kappa shape index (κ3) is 6.73. The summed E-state index contributed by atoms with van der Waals surface area (Å²) in [7, 11) is 8.06. The van der Waals surface area contributed by atoms with Gasteiger partial charge >= 0.3 is 5.63 Å². The molecule has 224 valence electrons. The minimum Gasteiger partial charge on any atom is -0.496 e. The van der Waals surface area contributed by atoms with Gasteiger partial charge < -0.3 is 32.8 Å². The lowest BCUT2D eigenvalue weighted by atomic mass is 9.85. The average Bonchev–Trinajstić information content (AvgIpc) is 3.00. The lowest BCUT2D eigenvalue weighted by molar-refractivity contribution is 0.0369. The number of fused-ring (bicyclic) bond motifs is 1. The minimum absolute atomic E-state index is 0.232. The van der Waals surface area contributed by atoms with Crippen molar-refractivity contribution in [2.24, 2.45) is 0 Å². The summed E-state index contributed by atoms with van der Waals surface area (Å²) in [4.78, 5) is 15.4. The molecule has 4 rings (SSSR count). The zero-order valence-corrected chi connectivity index (χ0v) is 25.2. The SMILES string of the molecule is CCCCCc1cc(=O)oc2c([C@H](CCN3CCOCC3)c3cc(OC)c(OC)c(OC)c3)c(OC)cc(OC)c12. The van der Waals surface area contributed by atoms with Crippen LogP contribution in [-0.4, -0.2) is 73.3 Å². The van der Waals surface area contributed by atoms with Crippen LogP contribution in [0.3, 0.4) is 0 Å². The second kappa shape index (κ2) is 14.5. The van der Waals surface area contributed by atoms with Crippen molar-refractivity contribution in [3.8, 4) is 28.7 Å². The van der Waals surface area contributed by atoms with Gasteiger partial charge in [0.2, 0.25) is 5.75 Å². The predicted octanol–water partition coefficient (Wildman–Crippen LogP) is 5.42. The van der Waals surface area contributed by atoms with Crippen LogP contribution in [0.4, 0.5) is 0 Å². The molecule has 1 atom stereocenters. The monoisotopic (exact) mass is 569 g/mol. The molecule has 2 aromatic carbocycles. The van der Waals surface area contributed by atoms with Gasteiger partial charge in [0.05, 0.1) is 54.1 Å². The van der Waals surface area contributed by atoms with Crippen molar-refractivity contribution in [3.63, 3.8) is 0 Å². The minimum atomic E-state index is -0.391. The molecule has 3 aromatic rings. The highest BCUT2D eigenvalue weighted by atomic mass is 16.5. The fraction of sp³-hybridized carbons (Fsp3) is 0.531. The highest BCUT2D eigenvalue weighted by molar-refractivity contribution is 5.92. The number of hydrogen-bond donors (Lipinski definition) is 0. The Bertz CT molecular complexity index is 1340. The Kier molecular flexibility index (Phi) is 10.8. The maximum atomic E-state index is 13.0. The van der Waals surface area contributed by atoms with E-state index in [9.17, 15) is 4.79 Å². The van der Waals surface area contributed by atoms with Crippen LogP contribution in [0.2, 0.25) is 0 Å². The predicted molar refractivity (Wildman–Crippen MR) is 159 cm³/mol. The number of methoxy groups -OCH3 is 5. The third-order valence-corrected chi connectivity index (χ3v) is 7.83. The molecular weight excluding hydrogens is 526 g/mol. The summed E-state index contributed by atoms with van der Waals surface area (Å²) in [6.07, 6.45) is 4.59. The van der Waals surface area contributed by atoms with Crippen molar-refractivity contribution in [2.45, 2.75) is 44.9 Å². The fourth-order valence-electron chi connectivity index (χ4n) is 5.72. The molecule has 41 heavy (non-hydrogen) atoms. The van der Waals surface area contributed by atoms with Gasteiger partial charge in [-0.3, -0.25) is 4.90 Å². The molecule has 1 fully saturated rings. The average molecular weight is 570 g/mol. The number of morpholine rings is 1. The smallest absolute Gasteiger partial charge is 0.336 e. The van der Waals surface area contributed by atoms with Crippen molar-refractivity contribution >= 4 is 11.0 Å². The molecule has 0 spiro atoms. The Morgan fingerprint density at radius 1 is 0.829 bits per heavy atom. The number of unbranched alkanes of at least 4 members (excludes halogenated alkanes) is 2. The number of aryl methyl sites for hydroxylation is 1. The normalized spacial score (nSPS) is 14.6. The van der Waals surface area contributed by atoms with E-state index in [1.54, 1.807) is 41.6 Å². The molecule has 0 radical (unpaired) electrons. The van der Waals surface area contributed by atoms with Gasteiger partial charge in [0.1, 0.15) is 17.1 Å². The van der Waals surface area contributed by atoms with Gasteiger partial charge in [-0.25, -0.2) is 4.79 Å². The summed E-state index contributed by atoms with van der Waals surface area (Å²) < 4.78 is 40.5. The van der Waals surface area contributed by atoms with Crippen LogP contribution in [-0.2, 0) is 11.2 Å². The lowest BCUT2D eigenvalue weighted by Gasteiger charge is -2.30. The van der Waals surface area contributed by atoms with Crippen LogP contribution in [0.25, 0.3) is 11.0 Å². The molecule has 0 bridgehead atoms. The number of hydrogen-bond acceptors (Lipinski definition) is 9. The maximum absolute atomic E-state index is 13.0. The van der Waals surface area contributed by atoms with Gasteiger partial charge in [0, 0.05) is 36.7 Å². The quantitative estimate of drug-likeness (QED) is 0.186. The summed E-state index contributed by atoms with van der Waals surface area (Å²) in [5.41, 5.74) is 2.73. The van der Waals surface area contributed by atoms with Crippen LogP contribution in [0.1, 0.15) is 55.2 Å². The Hall–Kier alpha value is -3.43. The first-order valence-corrected chi connectivity index (χ1v) is 14.3. The first kappa shape index (κ1) is 30.5. The number of nitrogens with zero attached hydrogens (tertiary/aromatic N) is 1. The van der Waals surface area contributed by atoms with E-state index < -0.39 is 5.63 Å². The molecule has 0 N–H and O–H groups in total. The molecule has 0 aliphatic carbocycles. The van der Waals surface area contributed by atoms with Crippen molar-refractivity contribution < 1.29 is 32.8 Å². The Morgan fingerprint density at radius 2 is 1.49 bits per heavy atom. The standard InChI is InChI=1S/C32H43NO8/c1-7-8-9-10-21-19-28(34)41-32-29(21)24(35-2)20-25(36-3)30(32)23(11-12-33-13-15-40-16-14-33)22-17-26(37-4)31(39-6)27(18-22)38-5/h17-20,23H,7-16H2,1-6H3/t23-/m1/s1. The van der Waals surface area contributed by atoms with Gasteiger partial charge in [-0.15, -0.1) is 0 Å². The van der Waals surface area contributed by atoms with E-state index >= 15 is 0 Å². The Morgan fingerprint density at radius 3 is 2.07 bits per heavy atom. The maximum Gasteiger partial charge on any atom is 0.336 e. The molecule has 0 unspecified atom stereocenters. The van der Waals surface area contributed by atoms with Gasteiger partial charge in [-0.05, 0) is 49.1 Å². The van der Waals surface area contributed by atoms with Crippen LogP contribution in [0, 0.1) is 0 Å². The molecular formula is C32H43NO8. The van der Waals surface area contributed by atoms with Gasteiger partial charge in [-0.1, -0.05) is 19.8 Å². The fourth-order valence-corrected chi connectivity index (χ4v) is 5.72. The van der Waals surface area contributed by atoms with Gasteiger partial charge in [-0.2, -0.15) is 0 Å². The highest BCUT2D eigenvalue weighted by Crippen LogP contribution is 2.47. The molecule has 1 aliphatic heterocycles. The van der Waals surface area contributed by atoms with E-state index in [4.69, 9.17) is 32.8 Å². The van der Waals surface area contributed by atoms with Crippen molar-refractivity contribution in [1.82, 2.24) is 4.90 Å². The topological polar surface area (TPSA) is 88.8 Å². The molecule has 2 heterocycles. The molecule has 1 aromatic heterocycles. The van der Waals surface area contributed by atoms with E-state index in [2.05, 4.69) is 11.8 Å². The number of ether oxygens (including phenoxy) is 6. The Labute approximate surface area is 242 Å². The van der Waals surface area contributed by atoms with Crippen LogP contribution in [0.15, 0.2) is 33.5 Å². The second-order valence-corrected chi connectivity index (χ2v) is 10.2. The Balaban J connectivity index is 1.98. The highest BCUT2D eigenvalue weighted by Gasteiger charge is 2.29.